The molecule has 5 nitrogen and oxygen atoms in total. The zero-order valence-electron chi connectivity index (χ0n) is 33.4. The van der Waals surface area contributed by atoms with Crippen LogP contribution in [0.3, 0.4) is 0 Å². The van der Waals surface area contributed by atoms with Crippen LogP contribution in [0.1, 0.15) is 123 Å². The largest absolute Gasteiger partial charge is 0.489 e. The van der Waals surface area contributed by atoms with Gasteiger partial charge in [0.05, 0.1) is 23.9 Å². The zero-order valence-corrected chi connectivity index (χ0v) is 35.8. The molecule has 8 heteroatoms. The van der Waals surface area contributed by atoms with E-state index < -0.39 is 0 Å². The first kappa shape index (κ1) is 43.1. The van der Waals surface area contributed by atoms with Crippen molar-refractivity contribution in [2.75, 3.05) is 0 Å². The molecular weight excluding hydrogens is 752 g/mol. The van der Waals surface area contributed by atoms with Crippen LogP contribution < -0.4 is 9.47 Å². The quantitative estimate of drug-likeness (QED) is 0.0778. The van der Waals surface area contributed by atoms with E-state index >= 15 is 0 Å². The number of aliphatic hydroxyl groups is 1. The summed E-state index contributed by atoms with van der Waals surface area (Å²) in [4.78, 5) is 8.92. The number of hydrogen-bond donors (Lipinski definition) is 1. The number of benzene rings is 4. The van der Waals surface area contributed by atoms with E-state index in [-0.39, 0.29) is 6.61 Å². The molecule has 0 saturated carbocycles. The number of thiazole rings is 2. The van der Waals surface area contributed by atoms with Gasteiger partial charge >= 0.3 is 0 Å². The number of hydrogen-bond acceptors (Lipinski definition) is 7. The van der Waals surface area contributed by atoms with E-state index in [2.05, 4.69) is 86.2 Å². The monoisotopic (exact) mass is 808 g/mol. The van der Waals surface area contributed by atoms with Crippen LogP contribution in [0.15, 0.2) is 108 Å². The molecule has 296 valence electrons. The summed E-state index contributed by atoms with van der Waals surface area (Å²) in [6, 6.07) is 33.9. The number of aliphatic hydroxyl groups excluding tert-OH is 1. The number of alkyl halides is 1. The first-order valence-corrected chi connectivity index (χ1v) is 22.5. The molecule has 4 aromatic carbocycles. The summed E-state index contributed by atoms with van der Waals surface area (Å²) in [6.45, 7) is 10.2. The second kappa shape index (κ2) is 23.3. The van der Waals surface area contributed by atoms with Gasteiger partial charge in [-0.1, -0.05) is 102 Å². The lowest BCUT2D eigenvalue weighted by atomic mass is 9.90. The fraction of sp³-hybridized carbons (Fsp3) is 0.375. The predicted molar refractivity (Wildman–Crippen MR) is 237 cm³/mol. The van der Waals surface area contributed by atoms with E-state index in [1.54, 1.807) is 11.3 Å². The van der Waals surface area contributed by atoms with Gasteiger partial charge in [0.1, 0.15) is 34.7 Å². The smallest absolute Gasteiger partial charge is 0.119 e. The molecule has 0 bridgehead atoms. The molecule has 1 N–H and O–H groups in total. The maximum atomic E-state index is 9.15. The average molecular weight is 810 g/mol. The van der Waals surface area contributed by atoms with E-state index in [9.17, 15) is 0 Å². The molecule has 0 aliphatic rings. The van der Waals surface area contributed by atoms with Gasteiger partial charge in [-0.05, 0) is 108 Å². The molecule has 0 fully saturated rings. The Hall–Kier alpha value is -4.01. The molecule has 2 heterocycles. The van der Waals surface area contributed by atoms with Crippen LogP contribution in [-0.2, 0) is 25.7 Å². The molecule has 6 rings (SSSR count). The van der Waals surface area contributed by atoms with Gasteiger partial charge in [0, 0.05) is 21.9 Å². The van der Waals surface area contributed by atoms with E-state index in [0.717, 1.165) is 44.0 Å². The minimum absolute atomic E-state index is 0.0116. The van der Waals surface area contributed by atoms with Crippen molar-refractivity contribution in [3.63, 3.8) is 0 Å². The average Bonchev–Trinajstić information content (AvgIpc) is 3.94. The molecule has 2 aromatic heterocycles. The second-order valence-corrected chi connectivity index (χ2v) is 16.4. The third-order valence-corrected chi connectivity index (χ3v) is 12.0. The summed E-state index contributed by atoms with van der Waals surface area (Å²) in [5, 5.41) is 14.8. The maximum absolute atomic E-state index is 9.15. The van der Waals surface area contributed by atoms with E-state index in [1.807, 2.05) is 59.3 Å². The summed E-state index contributed by atoms with van der Waals surface area (Å²) in [6.07, 6.45) is 9.98. The molecule has 0 amide bonds. The molecule has 0 unspecified atom stereocenters. The highest BCUT2D eigenvalue weighted by molar-refractivity contribution is 7.10. The summed E-state index contributed by atoms with van der Waals surface area (Å²) >= 11 is 8.90. The van der Waals surface area contributed by atoms with Crippen molar-refractivity contribution in [1.29, 1.82) is 0 Å². The lowest BCUT2D eigenvalue weighted by Crippen LogP contribution is -2.00. The standard InChI is InChI=1S/C24H28ClNOS.C24H29NO2S/c1-3-5-19(6-4-2)20-9-7-18(8-10-20)16-27-22-13-11-21(12-14-22)23-17-28-24(15-25)26-23;1-3-5-19(6-4-2)20-9-7-18(8-10-20)16-27-22-13-11-21(12-14-22)23-17-28-24(15-26)25-23/h7-14,17,19H,3-6,15-16H2,1-2H3;7-14,17,19,26H,3-6,15-16H2,1-2H3. The Balaban J connectivity index is 0.000000214. The van der Waals surface area contributed by atoms with E-state index in [4.69, 9.17) is 26.2 Å². The Kier molecular flexibility index (Phi) is 17.9. The minimum atomic E-state index is -0.0116. The number of halogens is 1. The van der Waals surface area contributed by atoms with Crippen molar-refractivity contribution in [3.8, 4) is 34.0 Å². The minimum Gasteiger partial charge on any atom is -0.489 e. The van der Waals surface area contributed by atoms with Gasteiger partial charge in [-0.3, -0.25) is 0 Å². The molecule has 6 aromatic rings. The topological polar surface area (TPSA) is 64.5 Å². The number of nitrogens with zero attached hydrogens (tertiary/aromatic N) is 2. The molecule has 0 aliphatic heterocycles. The van der Waals surface area contributed by atoms with Gasteiger partial charge in [0.25, 0.3) is 0 Å². The van der Waals surface area contributed by atoms with Crippen LogP contribution in [-0.4, -0.2) is 15.1 Å². The van der Waals surface area contributed by atoms with Crippen LogP contribution in [0.4, 0.5) is 0 Å². The molecule has 0 radical (unpaired) electrons. The summed E-state index contributed by atoms with van der Waals surface area (Å²) in [5.41, 5.74) is 9.27. The molecule has 0 saturated heterocycles. The summed E-state index contributed by atoms with van der Waals surface area (Å²) < 4.78 is 11.9. The Bertz CT molecular complexity index is 1820. The lowest BCUT2D eigenvalue weighted by molar-refractivity contribution is 0.281. The van der Waals surface area contributed by atoms with Gasteiger partial charge in [-0.25, -0.2) is 9.97 Å². The second-order valence-electron chi connectivity index (χ2n) is 14.2. The van der Waals surface area contributed by atoms with Crippen LogP contribution in [0.5, 0.6) is 11.5 Å². The third-order valence-electron chi connectivity index (χ3n) is 9.92. The van der Waals surface area contributed by atoms with Crippen molar-refractivity contribution in [2.24, 2.45) is 0 Å². The molecule has 0 spiro atoms. The van der Waals surface area contributed by atoms with Crippen LogP contribution in [0, 0.1) is 0 Å². The summed E-state index contributed by atoms with van der Waals surface area (Å²) in [7, 11) is 0. The number of ether oxygens (including phenoxy) is 2. The van der Waals surface area contributed by atoms with Gasteiger partial charge < -0.3 is 14.6 Å². The highest BCUT2D eigenvalue weighted by Gasteiger charge is 2.12. The van der Waals surface area contributed by atoms with E-state index in [0.29, 0.717) is 30.9 Å². The van der Waals surface area contributed by atoms with Crippen molar-refractivity contribution in [1.82, 2.24) is 9.97 Å². The van der Waals surface area contributed by atoms with Crippen molar-refractivity contribution < 1.29 is 14.6 Å². The van der Waals surface area contributed by atoms with Crippen LogP contribution in [0.25, 0.3) is 22.5 Å². The summed E-state index contributed by atoms with van der Waals surface area (Å²) in [5.74, 6) is 3.54. The van der Waals surface area contributed by atoms with Gasteiger partial charge in [-0.2, -0.15) is 0 Å². The van der Waals surface area contributed by atoms with Crippen molar-refractivity contribution in [2.45, 2.75) is 117 Å². The van der Waals surface area contributed by atoms with Gasteiger partial charge in [-0.15, -0.1) is 34.3 Å². The third kappa shape index (κ3) is 13.0. The molecule has 0 atom stereocenters. The van der Waals surface area contributed by atoms with Crippen molar-refractivity contribution >= 4 is 34.3 Å². The normalized spacial score (nSPS) is 11.1. The first-order valence-electron chi connectivity index (χ1n) is 20.2. The lowest BCUT2D eigenvalue weighted by Gasteiger charge is -2.16. The van der Waals surface area contributed by atoms with Gasteiger partial charge in [0.15, 0.2) is 0 Å². The zero-order chi connectivity index (χ0) is 39.5. The Morgan fingerprint density at radius 3 is 1.23 bits per heavy atom. The highest BCUT2D eigenvalue weighted by Crippen LogP contribution is 2.30. The SMILES string of the molecule is CCCC(CCC)c1ccc(COc2ccc(-c3csc(CCl)n3)cc2)cc1.CCCC(CCC)c1ccc(COc2ccc(-c3csc(CO)n3)cc2)cc1. The van der Waals surface area contributed by atoms with Crippen LogP contribution >= 0.6 is 34.3 Å². The number of rotatable bonds is 20. The Morgan fingerprint density at radius 2 is 0.911 bits per heavy atom. The molecule has 56 heavy (non-hydrogen) atoms. The Labute approximate surface area is 347 Å². The molecular formula is C48H57ClN2O3S2. The fourth-order valence-corrected chi connectivity index (χ4v) is 8.48. The highest BCUT2D eigenvalue weighted by atomic mass is 35.5. The maximum Gasteiger partial charge on any atom is 0.119 e. The Morgan fingerprint density at radius 1 is 0.536 bits per heavy atom. The molecule has 0 aliphatic carbocycles. The van der Waals surface area contributed by atoms with Crippen LogP contribution in [0.2, 0.25) is 0 Å². The fourth-order valence-electron chi connectivity index (χ4n) is 6.92. The number of aromatic nitrogens is 2. The van der Waals surface area contributed by atoms with Crippen molar-refractivity contribution in [3.05, 3.63) is 140 Å². The first-order chi connectivity index (χ1) is 27.5. The van der Waals surface area contributed by atoms with E-state index in [1.165, 1.54) is 85.0 Å². The predicted octanol–water partition coefficient (Wildman–Crippen LogP) is 14.4. The van der Waals surface area contributed by atoms with Gasteiger partial charge in [0.2, 0.25) is 0 Å².